The zero-order valence-corrected chi connectivity index (χ0v) is 18.1. The van der Waals surface area contributed by atoms with Crippen molar-refractivity contribution in [3.8, 4) is 0 Å². The molecule has 2 heterocycles. The number of piperidine rings is 1. The smallest absolute Gasteiger partial charge is 0.230 e. The number of carbonyl (C=O) groups excluding carboxylic acids is 2. The second-order valence-corrected chi connectivity index (χ2v) is 9.67. The molecule has 2 aliphatic carbocycles. The minimum absolute atomic E-state index is 0.00987. The predicted molar refractivity (Wildman–Crippen MR) is 118 cm³/mol. The zero-order chi connectivity index (χ0) is 21.3. The van der Waals surface area contributed by atoms with E-state index in [0.717, 1.165) is 51.0 Å². The van der Waals surface area contributed by atoms with Crippen molar-refractivity contribution in [3.63, 3.8) is 0 Å². The second-order valence-electron chi connectivity index (χ2n) is 9.67. The molecule has 164 valence electrons. The van der Waals surface area contributed by atoms with Gasteiger partial charge in [-0.25, -0.2) is 0 Å². The van der Waals surface area contributed by atoms with Crippen LogP contribution < -0.4 is 5.32 Å². The van der Waals surface area contributed by atoms with Crippen LogP contribution in [0.1, 0.15) is 62.2 Å². The average molecular weight is 421 g/mol. The van der Waals surface area contributed by atoms with Crippen LogP contribution in [-0.4, -0.2) is 29.8 Å². The van der Waals surface area contributed by atoms with E-state index >= 15 is 0 Å². The number of rotatable bonds is 6. The summed E-state index contributed by atoms with van der Waals surface area (Å²) < 4.78 is 5.30. The van der Waals surface area contributed by atoms with Crippen molar-refractivity contribution in [2.45, 2.75) is 57.4 Å². The number of furan rings is 1. The summed E-state index contributed by atoms with van der Waals surface area (Å²) in [6.07, 6.45) is 9.22. The Balaban J connectivity index is 1.19. The average Bonchev–Trinajstić information content (AvgIpc) is 3.20. The molecule has 5 heteroatoms. The van der Waals surface area contributed by atoms with Crippen LogP contribution in [0.5, 0.6) is 0 Å². The van der Waals surface area contributed by atoms with Crippen molar-refractivity contribution in [1.82, 2.24) is 10.2 Å². The molecule has 2 aromatic rings. The summed E-state index contributed by atoms with van der Waals surface area (Å²) in [6.45, 7) is 2.00. The third-order valence-electron chi connectivity index (χ3n) is 7.89. The van der Waals surface area contributed by atoms with Gasteiger partial charge in [-0.1, -0.05) is 43.2 Å². The van der Waals surface area contributed by atoms with E-state index in [2.05, 4.69) is 22.3 Å². The fourth-order valence-electron chi connectivity index (χ4n) is 5.92. The van der Waals surface area contributed by atoms with Crippen LogP contribution in [0.25, 0.3) is 0 Å². The summed E-state index contributed by atoms with van der Waals surface area (Å²) in [5.41, 5.74) is 1.26. The lowest BCUT2D eigenvalue weighted by molar-refractivity contribution is -0.135. The van der Waals surface area contributed by atoms with Gasteiger partial charge in [0.1, 0.15) is 5.76 Å². The highest BCUT2D eigenvalue weighted by Crippen LogP contribution is 2.59. The molecule has 5 rings (SSSR count). The third kappa shape index (κ3) is 4.15. The Kier molecular flexibility index (Phi) is 5.59. The van der Waals surface area contributed by atoms with Crippen LogP contribution in [0.4, 0.5) is 0 Å². The van der Waals surface area contributed by atoms with Crippen LogP contribution in [0.15, 0.2) is 53.1 Å². The van der Waals surface area contributed by atoms with E-state index in [4.69, 9.17) is 4.42 Å². The molecule has 2 saturated carbocycles. The van der Waals surface area contributed by atoms with Crippen LogP contribution in [0.2, 0.25) is 0 Å². The van der Waals surface area contributed by atoms with E-state index in [1.54, 1.807) is 6.26 Å². The van der Waals surface area contributed by atoms with Crippen molar-refractivity contribution >= 4 is 11.8 Å². The maximum atomic E-state index is 13.6. The molecule has 1 saturated heterocycles. The normalized spacial score (nSPS) is 23.6. The molecule has 1 aliphatic heterocycles. The summed E-state index contributed by atoms with van der Waals surface area (Å²) in [5, 5.41) is 3.02. The van der Waals surface area contributed by atoms with Gasteiger partial charge in [-0.05, 0) is 61.1 Å². The fourth-order valence-corrected chi connectivity index (χ4v) is 5.92. The molecular formula is C26H32N2O3. The monoisotopic (exact) mass is 420 g/mol. The minimum atomic E-state index is -0.00987. The van der Waals surface area contributed by atoms with Gasteiger partial charge in [0.15, 0.2) is 0 Å². The first kappa shape index (κ1) is 20.3. The van der Waals surface area contributed by atoms with E-state index in [9.17, 15) is 9.59 Å². The van der Waals surface area contributed by atoms with Crippen molar-refractivity contribution in [3.05, 3.63) is 60.1 Å². The molecule has 3 fully saturated rings. The molecule has 1 spiro atoms. The summed E-state index contributed by atoms with van der Waals surface area (Å²) in [5.74, 6) is 1.75. The minimum Gasteiger partial charge on any atom is -0.467 e. The molecule has 0 bridgehead atoms. The van der Waals surface area contributed by atoms with Crippen LogP contribution in [-0.2, 0) is 16.1 Å². The summed E-state index contributed by atoms with van der Waals surface area (Å²) >= 11 is 0. The van der Waals surface area contributed by atoms with Gasteiger partial charge in [0.05, 0.1) is 18.7 Å². The number of benzene rings is 1. The maximum absolute atomic E-state index is 13.6. The Morgan fingerprint density at radius 2 is 1.81 bits per heavy atom. The van der Waals surface area contributed by atoms with Gasteiger partial charge in [0.25, 0.3) is 0 Å². The van der Waals surface area contributed by atoms with Gasteiger partial charge in [-0.2, -0.15) is 0 Å². The fraction of sp³-hybridized carbons (Fsp3) is 0.538. The van der Waals surface area contributed by atoms with Gasteiger partial charge in [0.2, 0.25) is 11.8 Å². The van der Waals surface area contributed by atoms with E-state index in [1.807, 2.05) is 30.3 Å². The summed E-state index contributed by atoms with van der Waals surface area (Å²) in [4.78, 5) is 28.3. The molecular weight excluding hydrogens is 388 g/mol. The lowest BCUT2D eigenvalue weighted by Crippen LogP contribution is -2.44. The van der Waals surface area contributed by atoms with Crippen molar-refractivity contribution in [1.29, 1.82) is 0 Å². The number of likely N-dealkylation sites (tertiary alicyclic amines) is 1. The number of hydrogen-bond donors (Lipinski definition) is 1. The summed E-state index contributed by atoms with van der Waals surface area (Å²) in [7, 11) is 0. The van der Waals surface area contributed by atoms with E-state index in [-0.39, 0.29) is 23.2 Å². The number of carbonyl (C=O) groups is 2. The number of nitrogens with one attached hydrogen (secondary N) is 1. The summed E-state index contributed by atoms with van der Waals surface area (Å²) in [6, 6.07) is 14.1. The molecule has 3 aliphatic rings. The van der Waals surface area contributed by atoms with Gasteiger partial charge in [0, 0.05) is 19.0 Å². The first-order valence-electron chi connectivity index (χ1n) is 11.8. The highest BCUT2D eigenvalue weighted by Gasteiger charge is 2.58. The quantitative estimate of drug-likeness (QED) is 0.748. The Morgan fingerprint density at radius 3 is 2.48 bits per heavy atom. The predicted octanol–water partition coefficient (Wildman–Crippen LogP) is 4.50. The van der Waals surface area contributed by atoms with Crippen molar-refractivity contribution in [2.24, 2.45) is 17.3 Å². The van der Waals surface area contributed by atoms with Gasteiger partial charge >= 0.3 is 0 Å². The van der Waals surface area contributed by atoms with Gasteiger partial charge in [-0.15, -0.1) is 0 Å². The highest BCUT2D eigenvalue weighted by molar-refractivity contribution is 5.85. The Morgan fingerprint density at radius 1 is 1.06 bits per heavy atom. The number of hydrogen-bond acceptors (Lipinski definition) is 3. The molecule has 2 atom stereocenters. The zero-order valence-electron chi connectivity index (χ0n) is 18.1. The molecule has 5 nitrogen and oxygen atoms in total. The topological polar surface area (TPSA) is 62.6 Å². The largest absolute Gasteiger partial charge is 0.467 e. The first-order valence-corrected chi connectivity index (χ1v) is 11.8. The Bertz CT molecular complexity index is 894. The van der Waals surface area contributed by atoms with E-state index in [1.165, 1.54) is 18.4 Å². The molecule has 0 radical (unpaired) electrons. The van der Waals surface area contributed by atoms with E-state index in [0.29, 0.717) is 18.4 Å². The highest BCUT2D eigenvalue weighted by atomic mass is 16.3. The van der Waals surface area contributed by atoms with Crippen LogP contribution >= 0.6 is 0 Å². The molecule has 1 aromatic heterocycles. The SMILES string of the molecule is O=C(NCc1ccco1)[C@H]1CC12CCN(C(=O)[C@@H](c1ccccc1)C1CCCC1)CC2. The van der Waals surface area contributed by atoms with Crippen molar-refractivity contribution < 1.29 is 14.0 Å². The van der Waals surface area contributed by atoms with E-state index < -0.39 is 0 Å². The molecule has 1 aromatic carbocycles. The van der Waals surface area contributed by atoms with Crippen LogP contribution in [0.3, 0.4) is 0 Å². The lowest BCUT2D eigenvalue weighted by Gasteiger charge is -2.36. The van der Waals surface area contributed by atoms with Gasteiger partial charge < -0.3 is 14.6 Å². The molecule has 31 heavy (non-hydrogen) atoms. The number of amides is 2. The standard InChI is InChI=1S/C26H32N2O3/c29-24(27-18-21-11-6-16-31-21)22-17-26(22)12-14-28(15-13-26)25(30)23(20-9-4-5-10-20)19-7-2-1-3-8-19/h1-3,6-8,11,16,20,22-23H,4-5,9-10,12-15,17-18H2,(H,27,29)/t22-,23+/m1/s1. The number of nitrogens with zero attached hydrogens (tertiary/aromatic N) is 1. The first-order chi connectivity index (χ1) is 15.2. The second kappa shape index (κ2) is 8.52. The molecule has 1 N–H and O–H groups in total. The maximum Gasteiger partial charge on any atom is 0.230 e. The van der Waals surface area contributed by atoms with Crippen LogP contribution in [0, 0.1) is 17.3 Å². The molecule has 0 unspecified atom stereocenters. The molecule has 2 amide bonds. The Hall–Kier alpha value is -2.56. The third-order valence-corrected chi connectivity index (χ3v) is 7.89. The van der Waals surface area contributed by atoms with Crippen molar-refractivity contribution in [2.75, 3.05) is 13.1 Å². The Labute approximate surface area is 184 Å². The van der Waals surface area contributed by atoms with Gasteiger partial charge in [-0.3, -0.25) is 9.59 Å². The lowest BCUT2D eigenvalue weighted by atomic mass is 9.82.